The van der Waals surface area contributed by atoms with Gasteiger partial charge in [-0.3, -0.25) is 0 Å². The summed E-state index contributed by atoms with van der Waals surface area (Å²) in [7, 11) is 2.74. The lowest BCUT2D eigenvalue weighted by atomic mass is 11.8. The zero-order chi connectivity index (χ0) is 8.04. The molecule has 0 aromatic carbocycles. The van der Waals surface area contributed by atoms with Gasteiger partial charge in [0.05, 0.1) is 14.2 Å². The molecule has 0 aromatic heterocycles. The lowest BCUT2D eigenvalue weighted by Gasteiger charge is -2.13. The summed E-state index contributed by atoms with van der Waals surface area (Å²) in [4.78, 5) is 8.74. The van der Waals surface area contributed by atoms with Crippen LogP contribution in [0, 0.1) is 0 Å². The maximum atomic E-state index is 4.88. The zero-order valence-electron chi connectivity index (χ0n) is 5.90. The molecule has 0 heterocycles. The van der Waals surface area contributed by atoms with Crippen molar-refractivity contribution in [3.63, 3.8) is 0 Å². The Hall–Kier alpha value is 0.840. The molecule has 0 atom stereocenters. The van der Waals surface area contributed by atoms with Gasteiger partial charge in [0, 0.05) is 0 Å². The standard InChI is InChI=1S/C3H9O4PS2/c1-4-6-8(9,10-3)7-5-2/h1-3H3. The predicted molar refractivity (Wildman–Crippen MR) is 44.0 cm³/mol. The summed E-state index contributed by atoms with van der Waals surface area (Å²) in [6, 6.07) is 0. The minimum Gasteiger partial charge on any atom is -0.233 e. The van der Waals surface area contributed by atoms with E-state index in [1.165, 1.54) is 25.6 Å². The lowest BCUT2D eigenvalue weighted by Crippen LogP contribution is -1.89. The monoisotopic (exact) mass is 204 g/mol. The van der Waals surface area contributed by atoms with E-state index in [9.17, 15) is 0 Å². The highest BCUT2D eigenvalue weighted by molar-refractivity contribution is 8.67. The largest absolute Gasteiger partial charge is 0.307 e. The molecule has 0 rings (SSSR count). The van der Waals surface area contributed by atoms with Gasteiger partial charge < -0.3 is 0 Å². The van der Waals surface area contributed by atoms with E-state index in [2.05, 4.69) is 19.1 Å². The maximum absolute atomic E-state index is 4.88. The highest BCUT2D eigenvalue weighted by atomic mass is 32.9. The molecule has 0 bridgehead atoms. The predicted octanol–water partition coefficient (Wildman–Crippen LogP) is 1.73. The van der Waals surface area contributed by atoms with E-state index in [4.69, 9.17) is 11.8 Å². The molecule has 0 N–H and O–H groups in total. The van der Waals surface area contributed by atoms with Crippen molar-refractivity contribution in [1.82, 2.24) is 0 Å². The minimum atomic E-state index is -2.39. The molecule has 0 unspecified atom stereocenters. The number of hydrogen-bond acceptors (Lipinski definition) is 6. The van der Waals surface area contributed by atoms with E-state index in [-0.39, 0.29) is 0 Å². The molecule has 0 aromatic rings. The molecular weight excluding hydrogens is 195 g/mol. The third-order valence-corrected chi connectivity index (χ3v) is 5.08. The fourth-order valence-electron chi connectivity index (χ4n) is 0.256. The minimum absolute atomic E-state index is 1.25. The van der Waals surface area contributed by atoms with E-state index in [0.29, 0.717) is 0 Å². The van der Waals surface area contributed by atoms with Gasteiger partial charge in [-0.15, -0.1) is 0 Å². The first-order chi connectivity index (χ1) is 4.68. The van der Waals surface area contributed by atoms with Crippen LogP contribution in [0.1, 0.15) is 0 Å². The van der Waals surface area contributed by atoms with Gasteiger partial charge in [-0.2, -0.15) is 9.35 Å². The summed E-state index contributed by atoms with van der Waals surface area (Å²) in [6.45, 7) is 0. The molecule has 0 spiro atoms. The van der Waals surface area contributed by atoms with Crippen molar-refractivity contribution >= 4 is 28.9 Å². The average molecular weight is 204 g/mol. The topological polar surface area (TPSA) is 36.9 Å². The van der Waals surface area contributed by atoms with Gasteiger partial charge in [-0.05, 0) is 18.1 Å². The highest BCUT2D eigenvalue weighted by Crippen LogP contribution is 2.59. The molecule has 7 heteroatoms. The zero-order valence-corrected chi connectivity index (χ0v) is 8.42. The van der Waals surface area contributed by atoms with Crippen LogP contribution >= 0.6 is 17.1 Å². The van der Waals surface area contributed by atoms with E-state index < -0.39 is 5.69 Å². The molecular formula is C3H9O4PS2. The first-order valence-electron chi connectivity index (χ1n) is 2.29. The van der Waals surface area contributed by atoms with Crippen molar-refractivity contribution in [2.24, 2.45) is 0 Å². The van der Waals surface area contributed by atoms with Crippen LogP contribution in [0.4, 0.5) is 0 Å². The van der Waals surface area contributed by atoms with Gasteiger partial charge in [0.2, 0.25) is 0 Å². The third kappa shape index (κ3) is 3.88. The summed E-state index contributed by atoms with van der Waals surface area (Å²) in [5.41, 5.74) is -2.39. The van der Waals surface area contributed by atoms with E-state index in [1.807, 2.05) is 0 Å². The normalized spacial score (nSPS) is 11.9. The molecule has 0 fully saturated rings. The molecule has 0 amide bonds. The van der Waals surface area contributed by atoms with E-state index >= 15 is 0 Å². The SMILES string of the molecule is COOP(=S)(OOC)SC. The van der Waals surface area contributed by atoms with Crippen molar-refractivity contribution < 1.29 is 19.1 Å². The van der Waals surface area contributed by atoms with Gasteiger partial charge >= 0.3 is 5.69 Å². The summed E-state index contributed by atoms with van der Waals surface area (Å²) < 4.78 is 9.32. The lowest BCUT2D eigenvalue weighted by molar-refractivity contribution is -0.226. The summed E-state index contributed by atoms with van der Waals surface area (Å²) in [5, 5.41) is 0. The molecule has 0 radical (unpaired) electrons. The Morgan fingerprint density at radius 1 is 1.20 bits per heavy atom. The number of hydrogen-bond donors (Lipinski definition) is 0. The Morgan fingerprint density at radius 3 is 1.80 bits per heavy atom. The van der Waals surface area contributed by atoms with Crippen molar-refractivity contribution in [3.8, 4) is 0 Å². The van der Waals surface area contributed by atoms with Crippen LogP contribution < -0.4 is 0 Å². The Morgan fingerprint density at radius 2 is 1.60 bits per heavy atom. The first kappa shape index (κ1) is 10.8. The second-order valence-corrected chi connectivity index (χ2v) is 7.34. The van der Waals surface area contributed by atoms with Crippen LogP contribution in [0.5, 0.6) is 0 Å². The fraction of sp³-hybridized carbons (Fsp3) is 1.00. The summed E-state index contributed by atoms with van der Waals surface area (Å²) in [5.74, 6) is 0. The van der Waals surface area contributed by atoms with Crippen LogP contribution in [0.2, 0.25) is 0 Å². The average Bonchev–Trinajstić information content (AvgIpc) is 1.89. The van der Waals surface area contributed by atoms with Crippen LogP contribution in [-0.2, 0) is 30.9 Å². The molecule has 0 aliphatic rings. The van der Waals surface area contributed by atoms with Crippen LogP contribution in [0.3, 0.4) is 0 Å². The van der Waals surface area contributed by atoms with Crippen molar-refractivity contribution in [2.75, 3.05) is 20.5 Å². The Balaban J connectivity index is 3.83. The van der Waals surface area contributed by atoms with Crippen molar-refractivity contribution in [3.05, 3.63) is 0 Å². The molecule has 0 aliphatic carbocycles. The third-order valence-electron chi connectivity index (χ3n) is 0.555. The highest BCUT2D eigenvalue weighted by Gasteiger charge is 2.19. The second-order valence-electron chi connectivity index (χ2n) is 1.11. The molecule has 10 heavy (non-hydrogen) atoms. The van der Waals surface area contributed by atoms with Gasteiger partial charge in [0.15, 0.2) is 0 Å². The first-order valence-corrected chi connectivity index (χ1v) is 6.76. The second kappa shape index (κ2) is 5.49. The molecule has 0 aliphatic heterocycles. The molecule has 4 nitrogen and oxygen atoms in total. The molecule has 0 saturated carbocycles. The maximum Gasteiger partial charge on any atom is 0.307 e. The van der Waals surface area contributed by atoms with Gasteiger partial charge in [0.1, 0.15) is 0 Å². The van der Waals surface area contributed by atoms with E-state index in [0.717, 1.165) is 0 Å². The molecule has 62 valence electrons. The quantitative estimate of drug-likeness (QED) is 0.385. The molecule has 0 saturated heterocycles. The van der Waals surface area contributed by atoms with Gasteiger partial charge in [0.25, 0.3) is 0 Å². The number of rotatable bonds is 5. The van der Waals surface area contributed by atoms with Crippen LogP contribution in [0.25, 0.3) is 0 Å². The van der Waals surface area contributed by atoms with Crippen molar-refractivity contribution in [2.45, 2.75) is 0 Å². The van der Waals surface area contributed by atoms with E-state index in [1.54, 1.807) is 6.26 Å². The van der Waals surface area contributed by atoms with Crippen molar-refractivity contribution in [1.29, 1.82) is 0 Å². The summed E-state index contributed by atoms with van der Waals surface area (Å²) >= 11 is 6.13. The van der Waals surface area contributed by atoms with Gasteiger partial charge in [-0.25, -0.2) is 9.78 Å². The van der Waals surface area contributed by atoms with Crippen LogP contribution in [-0.4, -0.2) is 20.5 Å². The van der Waals surface area contributed by atoms with Gasteiger partial charge in [-0.1, -0.05) is 11.4 Å². The van der Waals surface area contributed by atoms with Crippen LogP contribution in [0.15, 0.2) is 0 Å². The Labute approximate surface area is 68.9 Å². The fourth-order valence-corrected chi connectivity index (χ4v) is 1.86. The Kier molecular flexibility index (Phi) is 5.95. The smallest absolute Gasteiger partial charge is 0.233 e. The Bertz CT molecular complexity index is 120. The summed E-state index contributed by atoms with van der Waals surface area (Å²) in [6.07, 6.45) is 1.76.